The molecule has 21 heavy (non-hydrogen) atoms. The Hall–Kier alpha value is -2.49. The smallest absolute Gasteiger partial charge is 0.414 e. The Kier molecular flexibility index (Phi) is 4.97. The third kappa shape index (κ3) is 4.24. The molecule has 0 aromatic carbocycles. The van der Waals surface area contributed by atoms with Crippen molar-refractivity contribution in [3.63, 3.8) is 0 Å². The fraction of sp³-hybridized carbons (Fsp3) is 0.500. The molecule has 1 amide bonds. The number of aryl methyl sites for hydroxylation is 1. The van der Waals surface area contributed by atoms with E-state index < -0.39 is 17.7 Å². The number of rotatable bonds is 3. The minimum atomic E-state index is -0.775. The molecule has 0 atom stereocenters. The number of nitriles is 1. The lowest BCUT2D eigenvalue weighted by atomic mass is 10.1. The maximum Gasteiger partial charge on any atom is 0.414 e. The second-order valence-electron chi connectivity index (χ2n) is 5.20. The van der Waals surface area contributed by atoms with E-state index in [-0.39, 0.29) is 29.4 Å². The van der Waals surface area contributed by atoms with Crippen molar-refractivity contribution >= 4 is 17.9 Å². The van der Waals surface area contributed by atoms with E-state index >= 15 is 0 Å². The molecule has 1 heterocycles. The first kappa shape index (κ1) is 16.6. The van der Waals surface area contributed by atoms with Crippen molar-refractivity contribution in [1.29, 1.82) is 5.26 Å². The van der Waals surface area contributed by atoms with Gasteiger partial charge in [-0.2, -0.15) is 5.26 Å². The van der Waals surface area contributed by atoms with Gasteiger partial charge in [0.05, 0.1) is 6.61 Å². The van der Waals surface area contributed by atoms with E-state index in [1.165, 1.54) is 6.92 Å². The highest BCUT2D eigenvalue weighted by molar-refractivity contribution is 5.97. The number of anilines is 1. The lowest BCUT2D eigenvalue weighted by Crippen LogP contribution is -2.27. The fourth-order valence-corrected chi connectivity index (χ4v) is 1.58. The lowest BCUT2D eigenvalue weighted by molar-refractivity contribution is 0.0523. The van der Waals surface area contributed by atoms with Crippen LogP contribution in [0.1, 0.15) is 49.4 Å². The Morgan fingerprint density at radius 1 is 1.38 bits per heavy atom. The minimum Gasteiger partial charge on any atom is -0.462 e. The summed E-state index contributed by atoms with van der Waals surface area (Å²) in [7, 11) is 0. The van der Waals surface area contributed by atoms with Crippen LogP contribution in [0.25, 0.3) is 0 Å². The van der Waals surface area contributed by atoms with Gasteiger partial charge in [-0.05, 0) is 34.6 Å². The number of nitrogens with zero attached hydrogens (tertiary/aromatic N) is 1. The summed E-state index contributed by atoms with van der Waals surface area (Å²) in [5, 5.41) is 11.5. The van der Waals surface area contributed by atoms with Crippen LogP contribution < -0.4 is 5.32 Å². The van der Waals surface area contributed by atoms with E-state index in [0.29, 0.717) is 0 Å². The molecular formula is C14H18N2O5. The summed E-state index contributed by atoms with van der Waals surface area (Å²) in [6, 6.07) is 1.83. The van der Waals surface area contributed by atoms with Crippen LogP contribution >= 0.6 is 0 Å². The van der Waals surface area contributed by atoms with Gasteiger partial charge in [-0.3, -0.25) is 5.32 Å². The third-order valence-corrected chi connectivity index (χ3v) is 2.29. The SMILES string of the molecule is CCOC(=O)c1c(C)oc(NC(=O)OC(C)(C)C)c1C#N. The summed E-state index contributed by atoms with van der Waals surface area (Å²) in [5.74, 6) is -0.615. The lowest BCUT2D eigenvalue weighted by Gasteiger charge is -2.19. The van der Waals surface area contributed by atoms with Crippen LogP contribution in [0.2, 0.25) is 0 Å². The Balaban J connectivity index is 3.05. The van der Waals surface area contributed by atoms with Crippen LogP contribution in [0, 0.1) is 18.3 Å². The summed E-state index contributed by atoms with van der Waals surface area (Å²) in [6.45, 7) is 8.44. The molecule has 0 aliphatic rings. The van der Waals surface area contributed by atoms with Crippen molar-refractivity contribution in [3.05, 3.63) is 16.9 Å². The number of esters is 1. The summed E-state index contributed by atoms with van der Waals surface area (Å²) in [4.78, 5) is 23.5. The van der Waals surface area contributed by atoms with Crippen molar-refractivity contribution in [3.8, 4) is 6.07 Å². The zero-order chi connectivity index (χ0) is 16.2. The van der Waals surface area contributed by atoms with E-state index in [1.54, 1.807) is 27.7 Å². The monoisotopic (exact) mass is 294 g/mol. The van der Waals surface area contributed by atoms with Gasteiger partial charge in [0, 0.05) is 0 Å². The molecular weight excluding hydrogens is 276 g/mol. The molecule has 7 nitrogen and oxygen atoms in total. The second kappa shape index (κ2) is 6.31. The van der Waals surface area contributed by atoms with Gasteiger partial charge in [0.15, 0.2) is 0 Å². The highest BCUT2D eigenvalue weighted by Gasteiger charge is 2.27. The number of carbonyl (C=O) groups is 2. The van der Waals surface area contributed by atoms with E-state index in [9.17, 15) is 9.59 Å². The number of amides is 1. The van der Waals surface area contributed by atoms with Crippen LogP contribution in [0.4, 0.5) is 10.7 Å². The standard InChI is InChI=1S/C14H18N2O5/c1-6-19-12(17)10-8(2)20-11(9(10)7-15)16-13(18)21-14(3,4)5/h6H2,1-5H3,(H,16,18). The minimum absolute atomic E-state index is 0.00501. The van der Waals surface area contributed by atoms with Crippen molar-refractivity contribution < 1.29 is 23.5 Å². The Bertz CT molecular complexity index is 590. The molecule has 114 valence electrons. The zero-order valence-electron chi connectivity index (χ0n) is 12.7. The highest BCUT2D eigenvalue weighted by Crippen LogP contribution is 2.27. The molecule has 7 heteroatoms. The number of ether oxygens (including phenoxy) is 2. The van der Waals surface area contributed by atoms with Crippen molar-refractivity contribution in [1.82, 2.24) is 0 Å². The van der Waals surface area contributed by atoms with Gasteiger partial charge in [-0.15, -0.1) is 0 Å². The molecule has 1 N–H and O–H groups in total. The first-order valence-corrected chi connectivity index (χ1v) is 6.40. The third-order valence-electron chi connectivity index (χ3n) is 2.29. The van der Waals surface area contributed by atoms with Crippen LogP contribution in [-0.4, -0.2) is 24.3 Å². The van der Waals surface area contributed by atoms with E-state index in [0.717, 1.165) is 0 Å². The van der Waals surface area contributed by atoms with Crippen molar-refractivity contribution in [2.45, 2.75) is 40.2 Å². The average molecular weight is 294 g/mol. The van der Waals surface area contributed by atoms with Gasteiger partial charge in [0.2, 0.25) is 5.88 Å². The normalized spacial score (nSPS) is 10.7. The average Bonchev–Trinajstić information content (AvgIpc) is 2.62. The van der Waals surface area contributed by atoms with Gasteiger partial charge in [-0.1, -0.05) is 0 Å². The predicted octanol–water partition coefficient (Wildman–Crippen LogP) is 2.98. The molecule has 0 bridgehead atoms. The maximum absolute atomic E-state index is 11.8. The zero-order valence-corrected chi connectivity index (χ0v) is 12.7. The molecule has 0 fully saturated rings. The molecule has 1 aromatic heterocycles. The second-order valence-corrected chi connectivity index (χ2v) is 5.20. The quantitative estimate of drug-likeness (QED) is 0.860. The first-order chi connectivity index (χ1) is 9.69. The number of hydrogen-bond acceptors (Lipinski definition) is 6. The van der Waals surface area contributed by atoms with Crippen LogP contribution in [0.3, 0.4) is 0 Å². The predicted molar refractivity (Wildman–Crippen MR) is 74.0 cm³/mol. The van der Waals surface area contributed by atoms with Gasteiger partial charge in [0.1, 0.15) is 28.6 Å². The summed E-state index contributed by atoms with van der Waals surface area (Å²) >= 11 is 0. The highest BCUT2D eigenvalue weighted by atomic mass is 16.6. The molecule has 0 aliphatic heterocycles. The Labute approximate surface area is 122 Å². The van der Waals surface area contributed by atoms with Gasteiger partial charge >= 0.3 is 12.1 Å². The Morgan fingerprint density at radius 2 is 2.00 bits per heavy atom. The molecule has 0 spiro atoms. The van der Waals surface area contributed by atoms with Gasteiger partial charge in [-0.25, -0.2) is 9.59 Å². The van der Waals surface area contributed by atoms with Gasteiger partial charge < -0.3 is 13.9 Å². The topological polar surface area (TPSA) is 102 Å². The molecule has 0 saturated heterocycles. The van der Waals surface area contributed by atoms with E-state index in [2.05, 4.69) is 5.32 Å². The summed E-state index contributed by atoms with van der Waals surface area (Å²) < 4.78 is 15.2. The Morgan fingerprint density at radius 3 is 2.48 bits per heavy atom. The fourth-order valence-electron chi connectivity index (χ4n) is 1.58. The molecule has 0 saturated carbocycles. The number of hydrogen-bond donors (Lipinski definition) is 1. The molecule has 1 rings (SSSR count). The van der Waals surface area contributed by atoms with Gasteiger partial charge in [0.25, 0.3) is 0 Å². The van der Waals surface area contributed by atoms with E-state index in [4.69, 9.17) is 19.2 Å². The molecule has 0 radical (unpaired) electrons. The number of carbonyl (C=O) groups excluding carboxylic acids is 2. The largest absolute Gasteiger partial charge is 0.462 e. The molecule has 0 unspecified atom stereocenters. The van der Waals surface area contributed by atoms with Crippen LogP contribution in [-0.2, 0) is 9.47 Å². The molecule has 0 aliphatic carbocycles. The molecule has 1 aromatic rings. The maximum atomic E-state index is 11.8. The number of furan rings is 1. The summed E-state index contributed by atoms with van der Waals surface area (Å²) in [6.07, 6.45) is -0.775. The van der Waals surface area contributed by atoms with Crippen molar-refractivity contribution in [2.75, 3.05) is 11.9 Å². The summed E-state index contributed by atoms with van der Waals surface area (Å²) in [5.41, 5.74) is -0.773. The van der Waals surface area contributed by atoms with Crippen molar-refractivity contribution in [2.24, 2.45) is 0 Å². The van der Waals surface area contributed by atoms with E-state index in [1.807, 2.05) is 6.07 Å². The van der Waals surface area contributed by atoms with Crippen LogP contribution in [0.5, 0.6) is 0 Å². The number of nitrogens with one attached hydrogen (secondary N) is 1. The first-order valence-electron chi connectivity index (χ1n) is 6.40. The van der Waals surface area contributed by atoms with Crippen LogP contribution in [0.15, 0.2) is 4.42 Å².